The first-order valence-electron chi connectivity index (χ1n) is 8.46. The van der Waals surface area contributed by atoms with E-state index in [1.165, 1.54) is 0 Å². The van der Waals surface area contributed by atoms with E-state index in [2.05, 4.69) is 22.9 Å². The van der Waals surface area contributed by atoms with Crippen LogP contribution in [0.15, 0.2) is 24.3 Å². The number of hydrogen-bond donors (Lipinski definition) is 3. The van der Waals surface area contributed by atoms with Gasteiger partial charge in [-0.3, -0.25) is 9.59 Å². The van der Waals surface area contributed by atoms with Crippen LogP contribution in [0, 0.1) is 11.8 Å². The molecule has 0 bridgehead atoms. The Bertz CT molecular complexity index is 574. The van der Waals surface area contributed by atoms with Gasteiger partial charge in [0.2, 0.25) is 5.91 Å². The molecule has 132 valence electrons. The molecule has 0 saturated carbocycles. The first-order valence-corrected chi connectivity index (χ1v) is 8.83. The highest BCUT2D eigenvalue weighted by molar-refractivity contribution is 6.30. The summed E-state index contributed by atoms with van der Waals surface area (Å²) in [6, 6.07) is 6.22. The molecule has 1 aromatic rings. The number of carbonyl (C=O) groups is 2. The highest BCUT2D eigenvalue weighted by atomic mass is 35.5. The third-order valence-electron chi connectivity index (χ3n) is 4.46. The molecule has 2 rings (SSSR count). The minimum absolute atomic E-state index is 0.00160. The molecule has 1 aliphatic rings. The van der Waals surface area contributed by atoms with Crippen molar-refractivity contribution < 1.29 is 9.59 Å². The fourth-order valence-corrected chi connectivity index (χ4v) is 2.99. The Morgan fingerprint density at radius 2 is 1.92 bits per heavy atom. The predicted molar refractivity (Wildman–Crippen MR) is 96.1 cm³/mol. The molecule has 3 unspecified atom stereocenters. The lowest BCUT2D eigenvalue weighted by molar-refractivity contribution is -0.125. The fraction of sp³-hybridized carbons (Fsp3) is 0.556. The van der Waals surface area contributed by atoms with Gasteiger partial charge in [0.25, 0.3) is 5.91 Å². The summed E-state index contributed by atoms with van der Waals surface area (Å²) >= 11 is 5.84. The van der Waals surface area contributed by atoms with Crippen LogP contribution in [0.3, 0.4) is 0 Å². The third-order valence-corrected chi connectivity index (χ3v) is 4.71. The molecule has 6 heteroatoms. The topological polar surface area (TPSA) is 70.2 Å². The molecule has 1 saturated heterocycles. The van der Waals surface area contributed by atoms with Gasteiger partial charge in [0.1, 0.15) is 6.04 Å². The molecular formula is C18H26ClN3O2. The summed E-state index contributed by atoms with van der Waals surface area (Å²) in [6.07, 6.45) is 0.906. The van der Waals surface area contributed by atoms with E-state index in [1.807, 2.05) is 13.8 Å². The predicted octanol–water partition coefficient (Wildman–Crippen LogP) is 2.21. The zero-order valence-corrected chi connectivity index (χ0v) is 15.2. The lowest BCUT2D eigenvalue weighted by atomic mass is 9.94. The van der Waals surface area contributed by atoms with Crippen molar-refractivity contribution in [3.63, 3.8) is 0 Å². The molecule has 0 radical (unpaired) electrons. The van der Waals surface area contributed by atoms with Gasteiger partial charge in [-0.15, -0.1) is 0 Å². The van der Waals surface area contributed by atoms with Crippen LogP contribution in [-0.2, 0) is 4.79 Å². The van der Waals surface area contributed by atoms with Gasteiger partial charge in [-0.1, -0.05) is 32.4 Å². The average molecular weight is 352 g/mol. The standard InChI is InChI=1S/C18H26ClN3O2/c1-11(2)16(18(24)21-15-8-9-20-10-12(15)3)22-17(23)13-4-6-14(19)7-5-13/h4-7,11-12,15-16,20H,8-10H2,1-3H3,(H,21,24)(H,22,23). The smallest absolute Gasteiger partial charge is 0.251 e. The molecule has 3 atom stereocenters. The van der Waals surface area contributed by atoms with E-state index >= 15 is 0 Å². The van der Waals surface area contributed by atoms with Gasteiger partial charge in [-0.2, -0.15) is 0 Å². The number of nitrogens with one attached hydrogen (secondary N) is 3. The monoisotopic (exact) mass is 351 g/mol. The maximum absolute atomic E-state index is 12.7. The summed E-state index contributed by atoms with van der Waals surface area (Å²) in [5.41, 5.74) is 0.494. The van der Waals surface area contributed by atoms with E-state index in [-0.39, 0.29) is 23.8 Å². The fourth-order valence-electron chi connectivity index (χ4n) is 2.86. The SMILES string of the molecule is CC(C)C(NC(=O)c1ccc(Cl)cc1)C(=O)NC1CCNCC1C. The molecule has 3 N–H and O–H groups in total. The Balaban J connectivity index is 2.01. The largest absolute Gasteiger partial charge is 0.351 e. The van der Waals surface area contributed by atoms with Crippen LogP contribution in [0.2, 0.25) is 5.02 Å². The zero-order valence-electron chi connectivity index (χ0n) is 14.4. The molecule has 0 spiro atoms. The van der Waals surface area contributed by atoms with E-state index in [0.717, 1.165) is 19.5 Å². The number of benzene rings is 1. The maximum Gasteiger partial charge on any atom is 0.251 e. The molecule has 0 aromatic heterocycles. The second-order valence-corrected chi connectivity index (χ2v) is 7.22. The first kappa shape index (κ1) is 18.7. The van der Waals surface area contributed by atoms with Crippen LogP contribution in [0.1, 0.15) is 37.6 Å². The van der Waals surface area contributed by atoms with Crippen LogP contribution in [0.5, 0.6) is 0 Å². The van der Waals surface area contributed by atoms with Crippen LogP contribution in [0.25, 0.3) is 0 Å². The van der Waals surface area contributed by atoms with Crippen LogP contribution in [0.4, 0.5) is 0 Å². The molecular weight excluding hydrogens is 326 g/mol. The molecule has 2 amide bonds. The number of halogens is 1. The first-order chi connectivity index (χ1) is 11.4. The summed E-state index contributed by atoms with van der Waals surface area (Å²) in [7, 11) is 0. The van der Waals surface area contributed by atoms with Crippen molar-refractivity contribution in [1.82, 2.24) is 16.0 Å². The van der Waals surface area contributed by atoms with E-state index in [0.29, 0.717) is 16.5 Å². The van der Waals surface area contributed by atoms with E-state index in [9.17, 15) is 9.59 Å². The lowest BCUT2D eigenvalue weighted by Gasteiger charge is -2.32. The van der Waals surface area contributed by atoms with Gasteiger partial charge >= 0.3 is 0 Å². The Labute approximate surface area is 148 Å². The van der Waals surface area contributed by atoms with Crippen molar-refractivity contribution in [3.8, 4) is 0 Å². The molecule has 1 aliphatic heterocycles. The highest BCUT2D eigenvalue weighted by Gasteiger charge is 2.29. The molecule has 0 aliphatic carbocycles. The number of carbonyl (C=O) groups excluding carboxylic acids is 2. The van der Waals surface area contributed by atoms with Crippen LogP contribution in [-0.4, -0.2) is 37.0 Å². The van der Waals surface area contributed by atoms with Crippen molar-refractivity contribution in [3.05, 3.63) is 34.9 Å². The van der Waals surface area contributed by atoms with Crippen molar-refractivity contribution in [2.45, 2.75) is 39.3 Å². The zero-order chi connectivity index (χ0) is 17.7. The van der Waals surface area contributed by atoms with Gasteiger partial charge in [0.05, 0.1) is 0 Å². The second-order valence-electron chi connectivity index (χ2n) is 6.79. The minimum Gasteiger partial charge on any atom is -0.351 e. The minimum atomic E-state index is -0.560. The quantitative estimate of drug-likeness (QED) is 0.761. The summed E-state index contributed by atoms with van der Waals surface area (Å²) in [4.78, 5) is 25.0. The Hall–Kier alpha value is -1.59. The molecule has 1 heterocycles. The summed E-state index contributed by atoms with van der Waals surface area (Å²) in [5, 5.41) is 9.84. The van der Waals surface area contributed by atoms with Crippen molar-refractivity contribution >= 4 is 23.4 Å². The number of hydrogen-bond acceptors (Lipinski definition) is 3. The molecule has 1 fully saturated rings. The third kappa shape index (κ3) is 4.95. The van der Waals surface area contributed by atoms with Crippen molar-refractivity contribution in [2.75, 3.05) is 13.1 Å². The molecule has 24 heavy (non-hydrogen) atoms. The Morgan fingerprint density at radius 1 is 1.25 bits per heavy atom. The number of rotatable bonds is 5. The average Bonchev–Trinajstić information content (AvgIpc) is 2.54. The normalized spacial score (nSPS) is 22.0. The van der Waals surface area contributed by atoms with Gasteiger partial charge in [-0.25, -0.2) is 0 Å². The van der Waals surface area contributed by atoms with Crippen molar-refractivity contribution in [2.24, 2.45) is 11.8 Å². The lowest BCUT2D eigenvalue weighted by Crippen LogP contribution is -2.55. The van der Waals surface area contributed by atoms with E-state index < -0.39 is 6.04 Å². The molecule has 1 aromatic carbocycles. The Morgan fingerprint density at radius 3 is 2.50 bits per heavy atom. The maximum atomic E-state index is 12.7. The molecule has 5 nitrogen and oxygen atoms in total. The van der Waals surface area contributed by atoms with Gasteiger partial charge < -0.3 is 16.0 Å². The van der Waals surface area contributed by atoms with Gasteiger partial charge in [0, 0.05) is 16.6 Å². The highest BCUT2D eigenvalue weighted by Crippen LogP contribution is 2.13. The van der Waals surface area contributed by atoms with E-state index in [4.69, 9.17) is 11.6 Å². The Kier molecular flexibility index (Phi) is 6.63. The van der Waals surface area contributed by atoms with Gasteiger partial charge in [0.15, 0.2) is 0 Å². The van der Waals surface area contributed by atoms with E-state index in [1.54, 1.807) is 24.3 Å². The van der Waals surface area contributed by atoms with Gasteiger partial charge in [-0.05, 0) is 55.6 Å². The second kappa shape index (κ2) is 8.49. The van der Waals surface area contributed by atoms with Crippen LogP contribution >= 0.6 is 11.6 Å². The summed E-state index contributed by atoms with van der Waals surface area (Å²) in [5.74, 6) is -0.00862. The van der Waals surface area contributed by atoms with Crippen molar-refractivity contribution in [1.29, 1.82) is 0 Å². The summed E-state index contributed by atoms with van der Waals surface area (Å²) < 4.78 is 0. The van der Waals surface area contributed by atoms with Crippen LogP contribution < -0.4 is 16.0 Å². The number of amides is 2. The number of piperidine rings is 1. The summed E-state index contributed by atoms with van der Waals surface area (Å²) in [6.45, 7) is 7.78.